The SMILES string of the molecule is COc1cc(C)c(CN(C)C(=S)Nc2ccccc2F)cc1OC. The average Bonchev–Trinajstić information content (AvgIpc) is 2.58. The molecule has 0 unspecified atom stereocenters. The summed E-state index contributed by atoms with van der Waals surface area (Å²) >= 11 is 5.36. The molecule has 0 bridgehead atoms. The summed E-state index contributed by atoms with van der Waals surface area (Å²) in [5.41, 5.74) is 2.47. The number of hydrogen-bond donors (Lipinski definition) is 1. The number of nitrogens with zero attached hydrogens (tertiary/aromatic N) is 1. The second-order valence-corrected chi connectivity index (χ2v) is 5.79. The number of nitrogens with one attached hydrogen (secondary N) is 1. The quantitative estimate of drug-likeness (QED) is 0.827. The van der Waals surface area contributed by atoms with Crippen molar-refractivity contribution in [2.75, 3.05) is 26.6 Å². The lowest BCUT2D eigenvalue weighted by Gasteiger charge is -2.23. The first-order valence-corrected chi connectivity index (χ1v) is 7.85. The van der Waals surface area contributed by atoms with Gasteiger partial charge in [0.15, 0.2) is 16.6 Å². The summed E-state index contributed by atoms with van der Waals surface area (Å²) in [6.45, 7) is 2.56. The lowest BCUT2D eigenvalue weighted by atomic mass is 10.1. The molecule has 6 heteroatoms. The van der Waals surface area contributed by atoms with Crippen LogP contribution < -0.4 is 14.8 Å². The number of rotatable bonds is 5. The van der Waals surface area contributed by atoms with Crippen molar-refractivity contribution in [3.05, 3.63) is 53.3 Å². The fourth-order valence-electron chi connectivity index (χ4n) is 2.29. The number of benzene rings is 2. The van der Waals surface area contributed by atoms with Gasteiger partial charge in [0.1, 0.15) is 5.82 Å². The molecule has 24 heavy (non-hydrogen) atoms. The highest BCUT2D eigenvalue weighted by Crippen LogP contribution is 2.30. The maximum absolute atomic E-state index is 13.7. The van der Waals surface area contributed by atoms with Crippen LogP contribution in [-0.4, -0.2) is 31.3 Å². The van der Waals surface area contributed by atoms with Gasteiger partial charge in [-0.25, -0.2) is 4.39 Å². The molecular weight excluding hydrogens is 327 g/mol. The molecule has 0 fully saturated rings. The van der Waals surface area contributed by atoms with Gasteiger partial charge in [0.2, 0.25) is 0 Å². The van der Waals surface area contributed by atoms with Crippen LogP contribution in [0.15, 0.2) is 36.4 Å². The molecule has 4 nitrogen and oxygen atoms in total. The maximum atomic E-state index is 13.7. The molecular formula is C18H21FN2O2S. The first-order valence-electron chi connectivity index (χ1n) is 7.44. The van der Waals surface area contributed by atoms with E-state index >= 15 is 0 Å². The number of para-hydroxylation sites is 1. The summed E-state index contributed by atoms with van der Waals surface area (Å²) in [5, 5.41) is 3.37. The van der Waals surface area contributed by atoms with E-state index < -0.39 is 0 Å². The molecule has 0 aliphatic heterocycles. The van der Waals surface area contributed by atoms with E-state index in [-0.39, 0.29) is 5.82 Å². The molecule has 0 spiro atoms. The Hall–Kier alpha value is -2.34. The van der Waals surface area contributed by atoms with Crippen molar-refractivity contribution in [3.63, 3.8) is 0 Å². The highest BCUT2D eigenvalue weighted by molar-refractivity contribution is 7.80. The Bertz CT molecular complexity index is 737. The fraction of sp³-hybridized carbons (Fsp3) is 0.278. The van der Waals surface area contributed by atoms with E-state index in [0.29, 0.717) is 28.8 Å². The summed E-state index contributed by atoms with van der Waals surface area (Å²) in [5.74, 6) is 1.02. The van der Waals surface area contributed by atoms with Gasteiger partial charge in [0.25, 0.3) is 0 Å². The number of thiocarbonyl (C=S) groups is 1. The standard InChI is InChI=1S/C18H21FN2O2S/c1-12-9-16(22-3)17(23-4)10-13(12)11-21(2)18(24)20-15-8-6-5-7-14(15)19/h5-10H,11H2,1-4H3,(H,20,24). The summed E-state index contributed by atoms with van der Waals surface area (Å²) in [7, 11) is 5.06. The molecule has 0 atom stereocenters. The normalized spacial score (nSPS) is 10.2. The molecule has 0 aromatic heterocycles. The van der Waals surface area contributed by atoms with Gasteiger partial charge < -0.3 is 19.7 Å². The maximum Gasteiger partial charge on any atom is 0.173 e. The molecule has 0 saturated heterocycles. The second-order valence-electron chi connectivity index (χ2n) is 5.40. The largest absolute Gasteiger partial charge is 0.493 e. The average molecular weight is 348 g/mol. The van der Waals surface area contributed by atoms with Gasteiger partial charge in [0, 0.05) is 13.6 Å². The van der Waals surface area contributed by atoms with Crippen LogP contribution in [-0.2, 0) is 6.54 Å². The van der Waals surface area contributed by atoms with Gasteiger partial charge >= 0.3 is 0 Å². The second kappa shape index (κ2) is 7.97. The van der Waals surface area contributed by atoms with Crippen LogP contribution in [0.1, 0.15) is 11.1 Å². The van der Waals surface area contributed by atoms with E-state index in [9.17, 15) is 4.39 Å². The number of methoxy groups -OCH3 is 2. The Kier molecular flexibility index (Phi) is 5.98. The summed E-state index contributed by atoms with van der Waals surface area (Å²) < 4.78 is 24.4. The van der Waals surface area contributed by atoms with Gasteiger partial charge in [0.05, 0.1) is 19.9 Å². The molecule has 0 aliphatic rings. The van der Waals surface area contributed by atoms with Gasteiger partial charge in [-0.15, -0.1) is 0 Å². The molecule has 128 valence electrons. The van der Waals surface area contributed by atoms with Crippen molar-refractivity contribution in [2.45, 2.75) is 13.5 Å². The predicted molar refractivity (Wildman–Crippen MR) is 98.4 cm³/mol. The molecule has 2 rings (SSSR count). The van der Waals surface area contributed by atoms with Crippen molar-refractivity contribution in [1.29, 1.82) is 0 Å². The molecule has 0 aliphatic carbocycles. The topological polar surface area (TPSA) is 33.7 Å². The van der Waals surface area contributed by atoms with E-state index in [1.165, 1.54) is 6.07 Å². The van der Waals surface area contributed by atoms with Gasteiger partial charge in [-0.05, 0) is 54.5 Å². The zero-order chi connectivity index (χ0) is 17.7. The summed E-state index contributed by atoms with van der Waals surface area (Å²) in [6, 6.07) is 10.3. The van der Waals surface area contributed by atoms with Crippen LogP contribution in [0.5, 0.6) is 11.5 Å². The molecule has 2 aromatic carbocycles. The molecule has 0 heterocycles. The minimum Gasteiger partial charge on any atom is -0.493 e. The van der Waals surface area contributed by atoms with Crippen molar-refractivity contribution < 1.29 is 13.9 Å². The third-order valence-corrected chi connectivity index (χ3v) is 4.13. The van der Waals surface area contributed by atoms with Crippen LogP contribution in [0.25, 0.3) is 0 Å². The first kappa shape index (κ1) is 18.0. The number of hydrogen-bond acceptors (Lipinski definition) is 3. The van der Waals surface area contributed by atoms with E-state index in [1.807, 2.05) is 31.0 Å². The van der Waals surface area contributed by atoms with Crippen LogP contribution in [0.4, 0.5) is 10.1 Å². The Morgan fingerprint density at radius 3 is 2.42 bits per heavy atom. The summed E-state index contributed by atoms with van der Waals surface area (Å²) in [4.78, 5) is 1.84. The Balaban J connectivity index is 2.13. The minimum absolute atomic E-state index is 0.337. The Morgan fingerprint density at radius 1 is 1.17 bits per heavy atom. The van der Waals surface area contributed by atoms with Gasteiger partial charge in [-0.1, -0.05) is 12.1 Å². The monoisotopic (exact) mass is 348 g/mol. The lowest BCUT2D eigenvalue weighted by Crippen LogP contribution is -2.31. The Labute approximate surface area is 147 Å². The summed E-state index contributed by atoms with van der Waals surface area (Å²) in [6.07, 6.45) is 0. The highest BCUT2D eigenvalue weighted by Gasteiger charge is 2.13. The number of ether oxygens (including phenoxy) is 2. The van der Waals surface area contributed by atoms with Crippen LogP contribution in [0, 0.1) is 12.7 Å². The smallest absolute Gasteiger partial charge is 0.173 e. The fourth-order valence-corrected chi connectivity index (χ4v) is 2.47. The third kappa shape index (κ3) is 4.14. The van der Waals surface area contributed by atoms with E-state index in [2.05, 4.69) is 5.32 Å². The van der Waals surface area contributed by atoms with Crippen LogP contribution in [0.3, 0.4) is 0 Å². The molecule has 2 aromatic rings. The van der Waals surface area contributed by atoms with Gasteiger partial charge in [-0.3, -0.25) is 0 Å². The number of anilines is 1. The van der Waals surface area contributed by atoms with E-state index in [4.69, 9.17) is 21.7 Å². The van der Waals surface area contributed by atoms with E-state index in [0.717, 1.165) is 11.1 Å². The lowest BCUT2D eigenvalue weighted by molar-refractivity contribution is 0.353. The Morgan fingerprint density at radius 2 is 1.79 bits per heavy atom. The predicted octanol–water partition coefficient (Wildman–Crippen LogP) is 3.98. The molecule has 0 saturated carbocycles. The van der Waals surface area contributed by atoms with Crippen LogP contribution >= 0.6 is 12.2 Å². The van der Waals surface area contributed by atoms with Crippen molar-refractivity contribution in [2.24, 2.45) is 0 Å². The zero-order valence-corrected chi connectivity index (χ0v) is 15.0. The molecule has 0 amide bonds. The number of aryl methyl sites for hydroxylation is 1. The number of halogens is 1. The van der Waals surface area contributed by atoms with Crippen molar-refractivity contribution >= 4 is 23.0 Å². The van der Waals surface area contributed by atoms with E-state index in [1.54, 1.807) is 32.4 Å². The van der Waals surface area contributed by atoms with Crippen molar-refractivity contribution in [1.82, 2.24) is 4.90 Å². The highest BCUT2D eigenvalue weighted by atomic mass is 32.1. The zero-order valence-electron chi connectivity index (χ0n) is 14.2. The molecule has 0 radical (unpaired) electrons. The van der Waals surface area contributed by atoms with Crippen LogP contribution in [0.2, 0.25) is 0 Å². The minimum atomic E-state index is -0.337. The molecule has 1 N–H and O–H groups in total. The van der Waals surface area contributed by atoms with Gasteiger partial charge in [-0.2, -0.15) is 0 Å². The third-order valence-electron chi connectivity index (χ3n) is 3.71. The first-order chi connectivity index (χ1) is 11.5. The van der Waals surface area contributed by atoms with Crippen molar-refractivity contribution in [3.8, 4) is 11.5 Å².